The van der Waals surface area contributed by atoms with Gasteiger partial charge in [0, 0.05) is 39.7 Å². The monoisotopic (exact) mass is 486 g/mol. The van der Waals surface area contributed by atoms with Crippen LogP contribution < -0.4 is 0 Å². The van der Waals surface area contributed by atoms with Gasteiger partial charge in [0.25, 0.3) is 0 Å². The first-order chi connectivity index (χ1) is 14.3. The van der Waals surface area contributed by atoms with Crippen LogP contribution in [0, 0.1) is 0 Å². The van der Waals surface area contributed by atoms with Crippen molar-refractivity contribution in [1.82, 2.24) is 0 Å². The first-order valence-corrected chi connectivity index (χ1v) is 12.5. The summed E-state index contributed by atoms with van der Waals surface area (Å²) in [7, 11) is -2.68. The van der Waals surface area contributed by atoms with Crippen LogP contribution in [0.2, 0.25) is 0 Å². The predicted molar refractivity (Wildman–Crippen MR) is 105 cm³/mol. The van der Waals surface area contributed by atoms with Gasteiger partial charge in [-0.3, -0.25) is 19.2 Å². The third-order valence-corrected chi connectivity index (χ3v) is 6.16. The minimum Gasteiger partial charge on any atom is -0.463 e. The molecule has 0 aromatic heterocycles. The molecule has 0 N–H and O–H groups in total. The molecule has 12 nitrogen and oxygen atoms in total. The molecule has 14 heteroatoms. The summed E-state index contributed by atoms with van der Waals surface area (Å²) >= 11 is 0. The van der Waals surface area contributed by atoms with Crippen LogP contribution in [0.1, 0.15) is 27.7 Å². The van der Waals surface area contributed by atoms with E-state index in [1.165, 1.54) is 0 Å². The Labute approximate surface area is 183 Å². The van der Waals surface area contributed by atoms with Gasteiger partial charge < -0.3 is 28.4 Å². The van der Waals surface area contributed by atoms with E-state index in [1.54, 1.807) is 0 Å². The highest BCUT2D eigenvalue weighted by Crippen LogP contribution is 2.30. The summed E-state index contributed by atoms with van der Waals surface area (Å²) in [6, 6.07) is 0. The van der Waals surface area contributed by atoms with Gasteiger partial charge in [0.1, 0.15) is 12.7 Å². The molecule has 0 spiro atoms. The van der Waals surface area contributed by atoms with Crippen LogP contribution in [-0.4, -0.2) is 88.2 Å². The summed E-state index contributed by atoms with van der Waals surface area (Å²) in [6.07, 6.45) is -5.39. The van der Waals surface area contributed by atoms with E-state index in [0.29, 0.717) is 10.8 Å². The molecule has 0 aromatic carbocycles. The van der Waals surface area contributed by atoms with Crippen molar-refractivity contribution in [2.24, 2.45) is 0 Å². The van der Waals surface area contributed by atoms with Gasteiger partial charge in [-0.15, -0.1) is 0 Å². The van der Waals surface area contributed by atoms with Crippen LogP contribution in [0.4, 0.5) is 0 Å². The molecule has 1 heterocycles. The summed E-state index contributed by atoms with van der Waals surface area (Å²) in [5.41, 5.74) is 0. The molecule has 0 amide bonds. The fraction of sp³-hybridized carbons (Fsp3) is 0.765. The topological polar surface area (TPSA) is 158 Å². The molecule has 1 fully saturated rings. The highest BCUT2D eigenvalue weighted by molar-refractivity contribution is 8.71. The standard InChI is InChI=1S/C17H26O12S2/c1-9(18)25-8-13-14(26-10(2)19)15(27-11(3)20)16(28-12(4)21)17(29-13)24-6-7-30-31(5,22)23/h13-17H,6-8H2,1-5H3/t13-,14-,15+,16-,17+/m1/s1. The maximum absolute atomic E-state index is 11.7. The van der Waals surface area contributed by atoms with E-state index in [9.17, 15) is 27.6 Å². The van der Waals surface area contributed by atoms with Crippen molar-refractivity contribution in [3.63, 3.8) is 0 Å². The van der Waals surface area contributed by atoms with Crippen LogP contribution in [0.15, 0.2) is 0 Å². The first-order valence-electron chi connectivity index (χ1n) is 9.06. The molecule has 5 atom stereocenters. The lowest BCUT2D eigenvalue weighted by atomic mass is 9.98. The van der Waals surface area contributed by atoms with Gasteiger partial charge >= 0.3 is 23.9 Å². The molecule has 1 aliphatic rings. The van der Waals surface area contributed by atoms with E-state index >= 15 is 0 Å². The largest absolute Gasteiger partial charge is 0.463 e. The Balaban J connectivity index is 3.18. The molecule has 0 unspecified atom stereocenters. The molecule has 1 aliphatic heterocycles. The minimum atomic E-state index is -3.31. The normalized spacial score (nSPS) is 25.9. The summed E-state index contributed by atoms with van der Waals surface area (Å²) in [5.74, 6) is -2.88. The molecular formula is C17H26O12S2. The van der Waals surface area contributed by atoms with E-state index < -0.39 is 63.5 Å². The fourth-order valence-electron chi connectivity index (χ4n) is 2.67. The Hall–Kier alpha value is -1.90. The van der Waals surface area contributed by atoms with Crippen molar-refractivity contribution in [1.29, 1.82) is 0 Å². The van der Waals surface area contributed by atoms with Crippen LogP contribution in [0.25, 0.3) is 0 Å². The molecule has 178 valence electrons. The number of hydrogen-bond donors (Lipinski definition) is 0. The lowest BCUT2D eigenvalue weighted by Gasteiger charge is -2.44. The zero-order chi connectivity index (χ0) is 23.8. The molecule has 1 saturated heterocycles. The van der Waals surface area contributed by atoms with Crippen LogP contribution in [-0.2, 0) is 56.5 Å². The second-order valence-electron chi connectivity index (χ2n) is 6.46. The van der Waals surface area contributed by atoms with E-state index in [1.807, 2.05) is 0 Å². The van der Waals surface area contributed by atoms with Gasteiger partial charge in [0.2, 0.25) is 0 Å². The Morgan fingerprint density at radius 2 is 1.35 bits per heavy atom. The number of ether oxygens (including phenoxy) is 6. The van der Waals surface area contributed by atoms with Crippen molar-refractivity contribution in [2.75, 3.05) is 25.2 Å². The lowest BCUT2D eigenvalue weighted by Crippen LogP contribution is -2.63. The first kappa shape index (κ1) is 27.1. The van der Waals surface area contributed by atoms with Crippen molar-refractivity contribution in [2.45, 2.75) is 58.4 Å². The summed E-state index contributed by atoms with van der Waals surface area (Å²) in [6.45, 7) is 3.96. The van der Waals surface area contributed by atoms with Gasteiger partial charge in [0.15, 0.2) is 33.5 Å². The van der Waals surface area contributed by atoms with Gasteiger partial charge in [-0.1, -0.05) is 0 Å². The Morgan fingerprint density at radius 1 is 0.839 bits per heavy atom. The fourth-order valence-corrected chi connectivity index (χ4v) is 4.25. The average molecular weight is 487 g/mol. The lowest BCUT2D eigenvalue weighted by molar-refractivity contribution is -0.307. The molecule has 31 heavy (non-hydrogen) atoms. The average Bonchev–Trinajstić information content (AvgIpc) is 2.59. The third kappa shape index (κ3) is 10.3. The van der Waals surface area contributed by atoms with Crippen molar-refractivity contribution in [3.05, 3.63) is 0 Å². The zero-order valence-electron chi connectivity index (χ0n) is 17.7. The van der Waals surface area contributed by atoms with Crippen LogP contribution in [0.3, 0.4) is 0 Å². The van der Waals surface area contributed by atoms with Crippen LogP contribution >= 0.6 is 10.8 Å². The second-order valence-corrected chi connectivity index (χ2v) is 11.0. The predicted octanol–water partition coefficient (Wildman–Crippen LogP) is -0.221. The van der Waals surface area contributed by atoms with Gasteiger partial charge in [-0.2, -0.15) is 0 Å². The molecule has 0 saturated carbocycles. The third-order valence-electron chi connectivity index (χ3n) is 3.61. The number of carbonyl (C=O) groups is 4. The number of carbonyl (C=O) groups excluding carboxylic acids is 4. The van der Waals surface area contributed by atoms with Crippen molar-refractivity contribution < 1.29 is 56.0 Å². The van der Waals surface area contributed by atoms with Gasteiger partial charge in [-0.25, -0.2) is 8.42 Å². The van der Waals surface area contributed by atoms with Gasteiger partial charge in [0.05, 0.1) is 6.61 Å². The Kier molecular flexibility index (Phi) is 10.7. The van der Waals surface area contributed by atoms with E-state index in [2.05, 4.69) is 0 Å². The number of rotatable bonds is 10. The highest BCUT2D eigenvalue weighted by atomic mass is 33.1. The van der Waals surface area contributed by atoms with Gasteiger partial charge in [-0.05, 0) is 10.8 Å². The summed E-state index contributed by atoms with van der Waals surface area (Å²) < 4.78 is 54.4. The Bertz CT molecular complexity index is 765. The van der Waals surface area contributed by atoms with Crippen molar-refractivity contribution in [3.8, 4) is 0 Å². The highest BCUT2D eigenvalue weighted by Gasteiger charge is 2.52. The molecule has 0 aliphatic carbocycles. The molecule has 0 bridgehead atoms. The quantitative estimate of drug-likeness (QED) is 0.173. The van der Waals surface area contributed by atoms with E-state index in [4.69, 9.17) is 28.4 Å². The van der Waals surface area contributed by atoms with Crippen LogP contribution in [0.5, 0.6) is 0 Å². The number of esters is 4. The zero-order valence-corrected chi connectivity index (χ0v) is 19.4. The summed E-state index contributed by atoms with van der Waals surface area (Å²) in [4.78, 5) is 46.2. The minimum absolute atomic E-state index is 0.0334. The SMILES string of the molecule is CC(=O)OC[C@H]1O[C@H](OCCSS(C)(=O)=O)[C@H](OC(C)=O)[C@@H](OC(C)=O)[C@@H]1OC(C)=O. The smallest absolute Gasteiger partial charge is 0.303 e. The Morgan fingerprint density at radius 3 is 1.84 bits per heavy atom. The van der Waals surface area contributed by atoms with E-state index in [0.717, 1.165) is 34.0 Å². The maximum Gasteiger partial charge on any atom is 0.303 e. The maximum atomic E-state index is 11.7. The summed E-state index contributed by atoms with van der Waals surface area (Å²) in [5, 5.41) is 0. The van der Waals surface area contributed by atoms with E-state index in [-0.39, 0.29) is 19.0 Å². The second kappa shape index (κ2) is 12.2. The molecular weight excluding hydrogens is 460 g/mol. The number of hydrogen-bond acceptors (Lipinski definition) is 13. The van der Waals surface area contributed by atoms with Crippen molar-refractivity contribution >= 4 is 43.5 Å². The molecule has 0 aromatic rings. The molecule has 0 radical (unpaired) electrons. The molecule has 1 rings (SSSR count).